The van der Waals surface area contributed by atoms with Crippen LogP contribution >= 0.6 is 0 Å². The Labute approximate surface area is 131 Å². The number of rotatable bonds is 3. The number of hydrogen-bond acceptors (Lipinski definition) is 4. The molecule has 22 heavy (non-hydrogen) atoms. The van der Waals surface area contributed by atoms with Crippen molar-refractivity contribution in [3.63, 3.8) is 0 Å². The molecule has 0 N–H and O–H groups in total. The Morgan fingerprint density at radius 1 is 1.27 bits per heavy atom. The molecular formula is C17H24N4O. The number of likely N-dealkylation sites (tertiary alicyclic amines) is 1. The zero-order valence-corrected chi connectivity index (χ0v) is 13.2. The molecule has 2 aliphatic rings. The summed E-state index contributed by atoms with van der Waals surface area (Å²) in [5.41, 5.74) is 2.01. The van der Waals surface area contributed by atoms with Crippen LogP contribution in [0, 0.1) is 0 Å². The van der Waals surface area contributed by atoms with E-state index in [1.165, 1.54) is 25.8 Å². The normalized spacial score (nSPS) is 26.8. The molecule has 0 aliphatic carbocycles. The van der Waals surface area contributed by atoms with E-state index < -0.39 is 0 Å². The minimum Gasteiger partial charge on any atom is -0.370 e. The van der Waals surface area contributed by atoms with E-state index in [4.69, 9.17) is 9.72 Å². The molecule has 0 spiro atoms. The number of pyridine rings is 1. The quantitative estimate of drug-likeness (QED) is 0.872. The van der Waals surface area contributed by atoms with Crippen LogP contribution in [0.3, 0.4) is 0 Å². The van der Waals surface area contributed by atoms with Crippen molar-refractivity contribution in [2.45, 2.75) is 51.3 Å². The third-order valence-electron chi connectivity index (χ3n) is 4.98. The van der Waals surface area contributed by atoms with E-state index in [9.17, 15) is 0 Å². The van der Waals surface area contributed by atoms with Crippen molar-refractivity contribution >= 4 is 11.2 Å². The Morgan fingerprint density at radius 3 is 3.05 bits per heavy atom. The van der Waals surface area contributed by atoms with E-state index in [0.29, 0.717) is 6.17 Å². The zero-order valence-electron chi connectivity index (χ0n) is 13.2. The monoisotopic (exact) mass is 300 g/mol. The highest BCUT2D eigenvalue weighted by molar-refractivity contribution is 5.71. The van der Waals surface area contributed by atoms with Gasteiger partial charge in [-0.3, -0.25) is 9.47 Å². The summed E-state index contributed by atoms with van der Waals surface area (Å²) < 4.78 is 8.31. The third-order valence-corrected chi connectivity index (χ3v) is 4.98. The number of nitrogens with zero attached hydrogens (tertiary/aromatic N) is 4. The van der Waals surface area contributed by atoms with Gasteiger partial charge in [0.05, 0.1) is 6.17 Å². The lowest BCUT2D eigenvalue weighted by atomic mass is 10.1. The predicted octanol–water partition coefficient (Wildman–Crippen LogP) is 3.29. The smallest absolute Gasteiger partial charge is 0.161 e. The maximum absolute atomic E-state index is 5.94. The van der Waals surface area contributed by atoms with Crippen molar-refractivity contribution in [2.24, 2.45) is 0 Å². The molecule has 0 saturated carbocycles. The summed E-state index contributed by atoms with van der Waals surface area (Å²) in [6.45, 7) is 5.33. The molecule has 2 fully saturated rings. The second kappa shape index (κ2) is 5.97. The van der Waals surface area contributed by atoms with Crippen LogP contribution in [0.4, 0.5) is 0 Å². The van der Waals surface area contributed by atoms with Gasteiger partial charge in [-0.05, 0) is 50.8 Å². The van der Waals surface area contributed by atoms with Gasteiger partial charge >= 0.3 is 0 Å². The summed E-state index contributed by atoms with van der Waals surface area (Å²) in [5.74, 6) is 1.08. The van der Waals surface area contributed by atoms with Crippen molar-refractivity contribution in [2.75, 3.05) is 19.7 Å². The summed E-state index contributed by atoms with van der Waals surface area (Å²) in [4.78, 5) is 12.1. The van der Waals surface area contributed by atoms with Gasteiger partial charge < -0.3 is 4.74 Å². The molecule has 2 atom stereocenters. The molecule has 118 valence electrons. The van der Waals surface area contributed by atoms with E-state index in [0.717, 1.165) is 43.0 Å². The number of aromatic nitrogens is 3. The molecule has 2 aliphatic heterocycles. The molecule has 5 heteroatoms. The summed E-state index contributed by atoms with van der Waals surface area (Å²) in [6, 6.07) is 4.04. The van der Waals surface area contributed by atoms with Crippen LogP contribution in [0.15, 0.2) is 18.3 Å². The van der Waals surface area contributed by atoms with Crippen LogP contribution in [0.2, 0.25) is 0 Å². The van der Waals surface area contributed by atoms with Gasteiger partial charge in [0.25, 0.3) is 0 Å². The van der Waals surface area contributed by atoms with Crippen molar-refractivity contribution in [3.8, 4) is 0 Å². The largest absolute Gasteiger partial charge is 0.370 e. The predicted molar refractivity (Wildman–Crippen MR) is 85.6 cm³/mol. The minimum atomic E-state index is 0.134. The Kier molecular flexibility index (Phi) is 3.84. The van der Waals surface area contributed by atoms with Gasteiger partial charge in [0.2, 0.25) is 0 Å². The highest BCUT2D eigenvalue weighted by atomic mass is 16.5. The summed E-state index contributed by atoms with van der Waals surface area (Å²) in [7, 11) is 0. The maximum Gasteiger partial charge on any atom is 0.161 e. The molecule has 0 bridgehead atoms. The van der Waals surface area contributed by atoms with Crippen molar-refractivity contribution in [3.05, 3.63) is 24.2 Å². The van der Waals surface area contributed by atoms with Crippen molar-refractivity contribution < 1.29 is 4.74 Å². The Balaban J connectivity index is 1.84. The first-order valence-electron chi connectivity index (χ1n) is 8.57. The molecule has 4 heterocycles. The van der Waals surface area contributed by atoms with E-state index in [2.05, 4.69) is 27.4 Å². The van der Waals surface area contributed by atoms with Gasteiger partial charge in [0.15, 0.2) is 5.65 Å². The van der Waals surface area contributed by atoms with E-state index in [-0.39, 0.29) is 6.10 Å². The molecule has 4 rings (SSSR count). The van der Waals surface area contributed by atoms with Gasteiger partial charge in [0, 0.05) is 19.3 Å². The SMILES string of the molecule is CCN1CCCCC1n1c(C2CCCO2)nc2cccnc21. The van der Waals surface area contributed by atoms with Gasteiger partial charge in [-0.2, -0.15) is 0 Å². The molecular weight excluding hydrogens is 276 g/mol. The first-order chi connectivity index (χ1) is 10.9. The zero-order chi connectivity index (χ0) is 14.9. The number of fused-ring (bicyclic) bond motifs is 1. The fourth-order valence-electron chi connectivity index (χ4n) is 3.88. The summed E-state index contributed by atoms with van der Waals surface area (Å²) >= 11 is 0. The fraction of sp³-hybridized carbons (Fsp3) is 0.647. The second-order valence-corrected chi connectivity index (χ2v) is 6.29. The lowest BCUT2D eigenvalue weighted by molar-refractivity contribution is 0.0730. The number of hydrogen-bond donors (Lipinski definition) is 0. The van der Waals surface area contributed by atoms with Crippen LogP contribution < -0.4 is 0 Å². The van der Waals surface area contributed by atoms with Gasteiger partial charge in [-0.1, -0.05) is 6.92 Å². The standard InChI is InChI=1S/C17H24N4O/c1-2-20-11-4-3-9-15(20)21-16-13(7-5-10-18-16)19-17(21)14-8-6-12-22-14/h5,7,10,14-15H,2-4,6,8-9,11-12H2,1H3. The second-order valence-electron chi connectivity index (χ2n) is 6.29. The van der Waals surface area contributed by atoms with Crippen LogP contribution in [-0.2, 0) is 4.74 Å². The fourth-order valence-corrected chi connectivity index (χ4v) is 3.88. The topological polar surface area (TPSA) is 43.2 Å². The van der Waals surface area contributed by atoms with Gasteiger partial charge in [-0.15, -0.1) is 0 Å². The third kappa shape index (κ3) is 2.32. The molecule has 0 radical (unpaired) electrons. The van der Waals surface area contributed by atoms with Gasteiger partial charge in [-0.25, -0.2) is 9.97 Å². The van der Waals surface area contributed by atoms with Crippen molar-refractivity contribution in [1.29, 1.82) is 0 Å². The number of piperidine rings is 1. The Bertz CT molecular complexity index is 647. The average Bonchev–Trinajstić information content (AvgIpc) is 3.22. The lowest BCUT2D eigenvalue weighted by Gasteiger charge is -2.37. The molecule has 0 amide bonds. The minimum absolute atomic E-state index is 0.134. The first-order valence-corrected chi connectivity index (χ1v) is 8.57. The van der Waals surface area contributed by atoms with E-state index >= 15 is 0 Å². The van der Waals surface area contributed by atoms with Crippen LogP contribution in [0.5, 0.6) is 0 Å². The molecule has 0 aromatic carbocycles. The van der Waals surface area contributed by atoms with E-state index in [1.54, 1.807) is 0 Å². The van der Waals surface area contributed by atoms with Gasteiger partial charge in [0.1, 0.15) is 17.4 Å². The highest BCUT2D eigenvalue weighted by Gasteiger charge is 2.31. The first kappa shape index (κ1) is 14.2. The Morgan fingerprint density at radius 2 is 2.23 bits per heavy atom. The van der Waals surface area contributed by atoms with E-state index in [1.807, 2.05) is 12.3 Å². The Hall–Kier alpha value is -1.46. The molecule has 5 nitrogen and oxygen atoms in total. The van der Waals surface area contributed by atoms with Crippen LogP contribution in [0.1, 0.15) is 57.1 Å². The van der Waals surface area contributed by atoms with Crippen LogP contribution in [-0.4, -0.2) is 39.1 Å². The van der Waals surface area contributed by atoms with Crippen molar-refractivity contribution in [1.82, 2.24) is 19.4 Å². The molecule has 2 unspecified atom stereocenters. The maximum atomic E-state index is 5.94. The average molecular weight is 300 g/mol. The summed E-state index contributed by atoms with van der Waals surface area (Å²) in [6.07, 6.45) is 8.32. The summed E-state index contributed by atoms with van der Waals surface area (Å²) in [5, 5.41) is 0. The lowest BCUT2D eigenvalue weighted by Crippen LogP contribution is -2.37. The highest BCUT2D eigenvalue weighted by Crippen LogP contribution is 2.35. The molecule has 2 aromatic heterocycles. The molecule has 2 aromatic rings. The molecule has 2 saturated heterocycles. The van der Waals surface area contributed by atoms with Crippen LogP contribution in [0.25, 0.3) is 11.2 Å². The number of imidazole rings is 1. The number of ether oxygens (including phenoxy) is 1.